The molecule has 178 valence electrons. The van der Waals surface area contributed by atoms with Crippen LogP contribution in [0.1, 0.15) is 40.3 Å². The molecular weight excluding hydrogens is 463 g/mol. The van der Waals surface area contributed by atoms with Crippen LogP contribution in [-0.4, -0.2) is 44.9 Å². The van der Waals surface area contributed by atoms with Crippen molar-refractivity contribution in [2.24, 2.45) is 11.8 Å². The fraction of sp³-hybridized carbons (Fsp3) is 0.417. The number of piperidine rings is 1. The van der Waals surface area contributed by atoms with Crippen LogP contribution in [0.2, 0.25) is 0 Å². The highest BCUT2D eigenvalue weighted by Crippen LogP contribution is 2.47. The first-order valence-corrected chi connectivity index (χ1v) is 12.0. The predicted octanol–water partition coefficient (Wildman–Crippen LogP) is 5.20. The van der Waals surface area contributed by atoms with Crippen LogP contribution in [0.4, 0.5) is 19.0 Å². The number of hydrogen-bond acceptors (Lipinski definition) is 6. The summed E-state index contributed by atoms with van der Waals surface area (Å²) in [6.07, 6.45) is -1.66. The zero-order chi connectivity index (χ0) is 24.0. The average Bonchev–Trinajstić information content (AvgIpc) is 3.44. The van der Waals surface area contributed by atoms with Gasteiger partial charge in [0.25, 0.3) is 5.91 Å². The van der Waals surface area contributed by atoms with Gasteiger partial charge in [0.2, 0.25) is 0 Å². The van der Waals surface area contributed by atoms with E-state index in [1.807, 2.05) is 36.3 Å². The lowest BCUT2D eigenvalue weighted by molar-refractivity contribution is -0.137. The molecule has 0 bridgehead atoms. The van der Waals surface area contributed by atoms with Crippen molar-refractivity contribution in [1.82, 2.24) is 19.9 Å². The second kappa shape index (κ2) is 8.65. The minimum Gasteiger partial charge on any atom is -0.368 e. The van der Waals surface area contributed by atoms with Gasteiger partial charge in [-0.3, -0.25) is 4.79 Å². The number of carbonyl (C=O) groups is 1. The second-order valence-electron chi connectivity index (χ2n) is 9.06. The molecule has 1 aliphatic carbocycles. The third kappa shape index (κ3) is 4.64. The lowest BCUT2D eigenvalue weighted by Crippen LogP contribution is -2.48. The number of halogens is 3. The number of fused-ring (bicyclic) bond motifs is 1. The number of amides is 1. The first kappa shape index (κ1) is 22.8. The van der Waals surface area contributed by atoms with Crippen LogP contribution in [0.15, 0.2) is 35.8 Å². The molecule has 2 fully saturated rings. The van der Waals surface area contributed by atoms with E-state index in [0.717, 1.165) is 47.1 Å². The van der Waals surface area contributed by atoms with E-state index in [4.69, 9.17) is 0 Å². The number of pyridine rings is 2. The highest BCUT2D eigenvalue weighted by atomic mass is 32.1. The van der Waals surface area contributed by atoms with E-state index in [1.165, 1.54) is 17.4 Å². The van der Waals surface area contributed by atoms with Crippen molar-refractivity contribution in [3.05, 3.63) is 58.5 Å². The van der Waals surface area contributed by atoms with Gasteiger partial charge in [0.15, 0.2) is 0 Å². The quantitative estimate of drug-likeness (QED) is 0.536. The molecule has 10 heteroatoms. The van der Waals surface area contributed by atoms with Crippen LogP contribution in [0, 0.1) is 25.7 Å². The Morgan fingerprint density at radius 2 is 1.94 bits per heavy atom. The maximum Gasteiger partial charge on any atom is 0.417 e. The topological polar surface area (TPSA) is 71.0 Å². The summed E-state index contributed by atoms with van der Waals surface area (Å²) in [6, 6.07) is 6.01. The molecule has 1 amide bonds. The van der Waals surface area contributed by atoms with Crippen LogP contribution in [0.25, 0.3) is 10.6 Å². The van der Waals surface area contributed by atoms with E-state index < -0.39 is 11.7 Å². The summed E-state index contributed by atoms with van der Waals surface area (Å²) >= 11 is 1.48. The van der Waals surface area contributed by atoms with Crippen LogP contribution in [0.3, 0.4) is 0 Å². The molecule has 3 aromatic heterocycles. The lowest BCUT2D eigenvalue weighted by Gasteiger charge is -2.36. The maximum absolute atomic E-state index is 13.8. The molecule has 1 aliphatic heterocycles. The van der Waals surface area contributed by atoms with Gasteiger partial charge in [0, 0.05) is 47.7 Å². The van der Waals surface area contributed by atoms with Gasteiger partial charge in [-0.15, -0.1) is 11.3 Å². The fourth-order valence-corrected chi connectivity index (χ4v) is 5.36. The molecule has 0 spiro atoms. The van der Waals surface area contributed by atoms with Gasteiger partial charge in [-0.2, -0.15) is 13.2 Å². The van der Waals surface area contributed by atoms with Gasteiger partial charge < -0.3 is 10.2 Å². The first-order valence-electron chi connectivity index (χ1n) is 11.2. The standard InChI is InChI=1S/C24H24F3N5OS/c1-13-3-5-19(22-31-14(2)12-34-22)21(30-13)23(33)32-11-16-7-15(16)8-18(32)10-29-20-6-4-17(9-28-20)24(25,26)27/h3-6,9,12,15-16,18H,7-8,10-11H2,1-2H3,(H,28,29)/t15-,16+,18+/m1/s1. The average molecular weight is 488 g/mol. The molecule has 3 atom stereocenters. The number of hydrogen-bond donors (Lipinski definition) is 1. The fourth-order valence-electron chi connectivity index (χ4n) is 4.54. The minimum atomic E-state index is -4.42. The van der Waals surface area contributed by atoms with E-state index in [2.05, 4.69) is 20.3 Å². The number of nitrogens with zero attached hydrogens (tertiary/aromatic N) is 4. The van der Waals surface area contributed by atoms with Crippen molar-refractivity contribution in [2.75, 3.05) is 18.4 Å². The molecule has 2 aliphatic rings. The summed E-state index contributed by atoms with van der Waals surface area (Å²) < 4.78 is 38.4. The number of rotatable bonds is 5. The van der Waals surface area contributed by atoms with Crippen LogP contribution >= 0.6 is 11.3 Å². The summed E-state index contributed by atoms with van der Waals surface area (Å²) in [5.41, 5.74) is 1.98. The van der Waals surface area contributed by atoms with Gasteiger partial charge in [0.1, 0.15) is 16.5 Å². The monoisotopic (exact) mass is 487 g/mol. The molecule has 3 aromatic rings. The van der Waals surface area contributed by atoms with Crippen LogP contribution < -0.4 is 5.32 Å². The molecule has 34 heavy (non-hydrogen) atoms. The molecule has 0 aromatic carbocycles. The van der Waals surface area contributed by atoms with Crippen LogP contribution in [0.5, 0.6) is 0 Å². The van der Waals surface area contributed by atoms with E-state index in [9.17, 15) is 18.0 Å². The molecule has 1 N–H and O–H groups in total. The summed E-state index contributed by atoms with van der Waals surface area (Å²) in [7, 11) is 0. The third-order valence-corrected chi connectivity index (χ3v) is 7.47. The van der Waals surface area contributed by atoms with E-state index in [-0.39, 0.29) is 11.9 Å². The van der Waals surface area contributed by atoms with Gasteiger partial charge in [-0.05, 0) is 62.8 Å². The number of anilines is 1. The lowest BCUT2D eigenvalue weighted by atomic mass is 10.0. The number of carbonyl (C=O) groups excluding carboxylic acids is 1. The number of nitrogens with one attached hydrogen (secondary N) is 1. The highest BCUT2D eigenvalue weighted by Gasteiger charge is 2.47. The zero-order valence-corrected chi connectivity index (χ0v) is 19.6. The number of aryl methyl sites for hydroxylation is 2. The van der Waals surface area contributed by atoms with Crippen molar-refractivity contribution in [1.29, 1.82) is 0 Å². The highest BCUT2D eigenvalue weighted by molar-refractivity contribution is 7.13. The van der Waals surface area contributed by atoms with Crippen molar-refractivity contribution >= 4 is 23.1 Å². The van der Waals surface area contributed by atoms with Crippen LogP contribution in [-0.2, 0) is 6.18 Å². The molecule has 5 rings (SSSR count). The van der Waals surface area contributed by atoms with Gasteiger partial charge in [-0.1, -0.05) is 0 Å². The molecule has 0 radical (unpaired) electrons. The Bertz CT molecular complexity index is 1210. The summed E-state index contributed by atoms with van der Waals surface area (Å²) in [5, 5.41) is 5.84. The smallest absolute Gasteiger partial charge is 0.368 e. The molecular formula is C24H24F3N5OS. The number of thiazole rings is 1. The van der Waals surface area contributed by atoms with Crippen molar-refractivity contribution in [3.63, 3.8) is 0 Å². The summed E-state index contributed by atoms with van der Waals surface area (Å²) in [4.78, 5) is 28.7. The van der Waals surface area contributed by atoms with Gasteiger partial charge >= 0.3 is 6.18 Å². The molecule has 1 saturated heterocycles. The summed E-state index contributed by atoms with van der Waals surface area (Å²) in [6.45, 7) is 4.83. The van der Waals surface area contributed by atoms with Crippen molar-refractivity contribution < 1.29 is 18.0 Å². The number of likely N-dealkylation sites (tertiary alicyclic amines) is 1. The molecule has 4 heterocycles. The SMILES string of the molecule is Cc1csc(-c2ccc(C)nc2C(=O)N2C[C@@H]3C[C@@H]3C[C@H]2CNc2ccc(C(F)(F)F)cn2)n1. The third-order valence-electron chi connectivity index (χ3n) is 6.47. The van der Waals surface area contributed by atoms with E-state index in [1.54, 1.807) is 0 Å². The molecule has 0 unspecified atom stereocenters. The Kier molecular flexibility index (Phi) is 5.79. The largest absolute Gasteiger partial charge is 0.417 e. The van der Waals surface area contributed by atoms with E-state index in [0.29, 0.717) is 36.4 Å². The molecule has 1 saturated carbocycles. The van der Waals surface area contributed by atoms with Crippen molar-refractivity contribution in [3.8, 4) is 10.6 Å². The number of alkyl halides is 3. The second-order valence-corrected chi connectivity index (χ2v) is 9.91. The van der Waals surface area contributed by atoms with Crippen molar-refractivity contribution in [2.45, 2.75) is 38.9 Å². The summed E-state index contributed by atoms with van der Waals surface area (Å²) in [5.74, 6) is 1.30. The first-order chi connectivity index (χ1) is 16.2. The Morgan fingerprint density at radius 1 is 1.12 bits per heavy atom. The normalized spacial score (nSPS) is 21.8. The minimum absolute atomic E-state index is 0.103. The Morgan fingerprint density at radius 3 is 2.62 bits per heavy atom. The predicted molar refractivity (Wildman–Crippen MR) is 124 cm³/mol. The Hall–Kier alpha value is -3.01. The Balaban J connectivity index is 1.37. The van der Waals surface area contributed by atoms with Gasteiger partial charge in [-0.25, -0.2) is 15.0 Å². The maximum atomic E-state index is 13.8. The van der Waals surface area contributed by atoms with E-state index >= 15 is 0 Å². The zero-order valence-electron chi connectivity index (χ0n) is 18.8. The van der Waals surface area contributed by atoms with Gasteiger partial charge in [0.05, 0.1) is 5.56 Å². The Labute approximate surface area is 199 Å². The number of aromatic nitrogens is 3. The molecule has 6 nitrogen and oxygen atoms in total.